The van der Waals surface area contributed by atoms with E-state index >= 15 is 0 Å². The molecule has 0 saturated carbocycles. The van der Waals surface area contributed by atoms with Crippen LogP contribution >= 0.6 is 0 Å². The van der Waals surface area contributed by atoms with Crippen molar-refractivity contribution >= 4 is 11.9 Å². The highest BCUT2D eigenvalue weighted by Gasteiger charge is 2.38. The van der Waals surface area contributed by atoms with Gasteiger partial charge < -0.3 is 15.5 Å². The van der Waals surface area contributed by atoms with E-state index in [-0.39, 0.29) is 12.0 Å². The zero-order valence-electron chi connectivity index (χ0n) is 8.36. The molecular weight excluding hydrogens is 198 g/mol. The highest BCUT2D eigenvalue weighted by molar-refractivity contribution is 5.91. The van der Waals surface area contributed by atoms with Gasteiger partial charge in [0.1, 0.15) is 0 Å². The predicted octanol–water partition coefficient (Wildman–Crippen LogP) is 0.390. The summed E-state index contributed by atoms with van der Waals surface area (Å²) in [5, 5.41) is 20.6. The number of nitrogens with one attached hydrogen (secondary N) is 1. The molecule has 0 bridgehead atoms. The fourth-order valence-electron chi connectivity index (χ4n) is 1.73. The van der Waals surface area contributed by atoms with E-state index in [2.05, 4.69) is 5.32 Å². The van der Waals surface area contributed by atoms with Crippen LogP contribution in [0.1, 0.15) is 12.8 Å². The summed E-state index contributed by atoms with van der Waals surface area (Å²) >= 11 is 0. The van der Waals surface area contributed by atoms with Crippen LogP contribution in [0.15, 0.2) is 23.8 Å². The molecule has 82 valence electrons. The number of likely N-dealkylation sites (N-methyl/N-ethyl adjacent to an activating group) is 1. The number of rotatable bonds is 4. The summed E-state index contributed by atoms with van der Waals surface area (Å²) in [4.78, 5) is 21.7. The average molecular weight is 211 g/mol. The van der Waals surface area contributed by atoms with Gasteiger partial charge in [-0.1, -0.05) is 18.2 Å². The van der Waals surface area contributed by atoms with Gasteiger partial charge in [-0.15, -0.1) is 0 Å². The Morgan fingerprint density at radius 1 is 1.53 bits per heavy atom. The lowest BCUT2D eigenvalue weighted by Gasteiger charge is -2.33. The SMILES string of the molecule is CNC1(CC(=O)O)CC=CC=C1C(=O)O. The van der Waals surface area contributed by atoms with Gasteiger partial charge in [0.05, 0.1) is 17.5 Å². The number of hydrogen-bond donors (Lipinski definition) is 3. The van der Waals surface area contributed by atoms with Gasteiger partial charge in [-0.25, -0.2) is 4.79 Å². The fraction of sp³-hybridized carbons (Fsp3) is 0.400. The van der Waals surface area contributed by atoms with Crippen molar-refractivity contribution in [3.8, 4) is 0 Å². The Bertz CT molecular complexity index is 345. The smallest absolute Gasteiger partial charge is 0.333 e. The Morgan fingerprint density at radius 3 is 2.67 bits per heavy atom. The van der Waals surface area contributed by atoms with Gasteiger partial charge in [0.15, 0.2) is 0 Å². The average Bonchev–Trinajstić information content (AvgIpc) is 2.17. The number of carboxylic acid groups (broad SMARTS) is 2. The first-order valence-electron chi connectivity index (χ1n) is 4.53. The third-order valence-corrected chi connectivity index (χ3v) is 2.54. The van der Waals surface area contributed by atoms with E-state index in [1.165, 1.54) is 6.08 Å². The zero-order chi connectivity index (χ0) is 11.5. The second kappa shape index (κ2) is 4.27. The monoisotopic (exact) mass is 211 g/mol. The van der Waals surface area contributed by atoms with Crippen LogP contribution < -0.4 is 5.32 Å². The Kier molecular flexibility index (Phi) is 3.26. The van der Waals surface area contributed by atoms with Crippen LogP contribution in [0.5, 0.6) is 0 Å². The molecule has 0 radical (unpaired) electrons. The van der Waals surface area contributed by atoms with Gasteiger partial charge in [-0.05, 0) is 13.5 Å². The molecule has 0 spiro atoms. The molecule has 1 rings (SSSR count). The van der Waals surface area contributed by atoms with Gasteiger partial charge in [0.25, 0.3) is 0 Å². The maximum atomic E-state index is 11.0. The van der Waals surface area contributed by atoms with Crippen molar-refractivity contribution < 1.29 is 19.8 Å². The van der Waals surface area contributed by atoms with E-state index in [1.807, 2.05) is 0 Å². The molecule has 0 aromatic heterocycles. The van der Waals surface area contributed by atoms with E-state index in [4.69, 9.17) is 10.2 Å². The van der Waals surface area contributed by atoms with Crippen LogP contribution in [0.4, 0.5) is 0 Å². The van der Waals surface area contributed by atoms with Crippen molar-refractivity contribution in [3.63, 3.8) is 0 Å². The number of carbonyl (C=O) groups is 2. The summed E-state index contributed by atoms with van der Waals surface area (Å²) in [7, 11) is 1.57. The maximum absolute atomic E-state index is 11.0. The molecule has 1 atom stereocenters. The summed E-state index contributed by atoms with van der Waals surface area (Å²) in [6.45, 7) is 0. The van der Waals surface area contributed by atoms with Crippen molar-refractivity contribution in [1.82, 2.24) is 5.32 Å². The van der Waals surface area contributed by atoms with Crippen LogP contribution in [0, 0.1) is 0 Å². The van der Waals surface area contributed by atoms with E-state index in [9.17, 15) is 9.59 Å². The minimum absolute atomic E-state index is 0.0925. The summed E-state index contributed by atoms with van der Waals surface area (Å²) in [5.74, 6) is -2.11. The van der Waals surface area contributed by atoms with Crippen LogP contribution in [-0.2, 0) is 9.59 Å². The van der Waals surface area contributed by atoms with Crippen LogP contribution in [0.3, 0.4) is 0 Å². The Labute approximate surface area is 87.1 Å². The van der Waals surface area contributed by atoms with Crippen molar-refractivity contribution in [2.75, 3.05) is 7.05 Å². The largest absolute Gasteiger partial charge is 0.481 e. The quantitative estimate of drug-likeness (QED) is 0.626. The molecule has 5 heteroatoms. The molecular formula is C10H13NO4. The summed E-state index contributed by atoms with van der Waals surface area (Å²) in [6.07, 6.45) is 4.94. The highest BCUT2D eigenvalue weighted by atomic mass is 16.4. The molecule has 1 unspecified atom stereocenters. The van der Waals surface area contributed by atoms with Gasteiger partial charge in [-0.2, -0.15) is 0 Å². The van der Waals surface area contributed by atoms with Gasteiger partial charge in [0, 0.05) is 0 Å². The molecule has 1 aliphatic rings. The van der Waals surface area contributed by atoms with Crippen LogP contribution in [0.25, 0.3) is 0 Å². The number of hydrogen-bond acceptors (Lipinski definition) is 3. The van der Waals surface area contributed by atoms with Gasteiger partial charge in [0.2, 0.25) is 0 Å². The van der Waals surface area contributed by atoms with E-state index in [0.717, 1.165) is 0 Å². The molecule has 5 nitrogen and oxygen atoms in total. The third kappa shape index (κ3) is 2.24. The second-order valence-corrected chi connectivity index (χ2v) is 3.42. The van der Waals surface area contributed by atoms with Crippen molar-refractivity contribution in [2.24, 2.45) is 0 Å². The first-order valence-corrected chi connectivity index (χ1v) is 4.53. The number of allylic oxidation sites excluding steroid dienone is 2. The Hall–Kier alpha value is -1.62. The first-order chi connectivity index (χ1) is 7.02. The molecule has 0 aliphatic heterocycles. The van der Waals surface area contributed by atoms with E-state index in [0.29, 0.717) is 6.42 Å². The van der Waals surface area contributed by atoms with E-state index in [1.54, 1.807) is 19.2 Å². The zero-order valence-corrected chi connectivity index (χ0v) is 8.36. The molecule has 0 saturated heterocycles. The Balaban J connectivity index is 3.07. The molecule has 0 heterocycles. The molecule has 0 aromatic rings. The topological polar surface area (TPSA) is 86.6 Å². The van der Waals surface area contributed by atoms with Crippen LogP contribution in [-0.4, -0.2) is 34.7 Å². The summed E-state index contributed by atoms with van der Waals surface area (Å²) < 4.78 is 0. The van der Waals surface area contributed by atoms with Crippen molar-refractivity contribution in [3.05, 3.63) is 23.8 Å². The number of aliphatic carboxylic acids is 2. The summed E-state index contributed by atoms with van der Waals surface area (Å²) in [6, 6.07) is 0. The molecule has 3 N–H and O–H groups in total. The predicted molar refractivity (Wildman–Crippen MR) is 53.5 cm³/mol. The minimum atomic E-state index is -1.09. The lowest BCUT2D eigenvalue weighted by molar-refractivity contribution is -0.138. The minimum Gasteiger partial charge on any atom is -0.481 e. The van der Waals surface area contributed by atoms with Crippen molar-refractivity contribution in [1.29, 1.82) is 0 Å². The number of carboxylic acids is 2. The van der Waals surface area contributed by atoms with Gasteiger partial charge >= 0.3 is 11.9 Å². The second-order valence-electron chi connectivity index (χ2n) is 3.42. The first kappa shape index (κ1) is 11.5. The van der Waals surface area contributed by atoms with E-state index < -0.39 is 17.5 Å². The molecule has 0 aromatic carbocycles. The molecule has 15 heavy (non-hydrogen) atoms. The summed E-state index contributed by atoms with van der Waals surface area (Å²) in [5.41, 5.74) is -0.901. The molecule has 1 aliphatic carbocycles. The van der Waals surface area contributed by atoms with Crippen molar-refractivity contribution in [2.45, 2.75) is 18.4 Å². The van der Waals surface area contributed by atoms with Gasteiger partial charge in [-0.3, -0.25) is 4.79 Å². The highest BCUT2D eigenvalue weighted by Crippen LogP contribution is 2.29. The lowest BCUT2D eigenvalue weighted by atomic mass is 9.80. The normalized spacial score (nSPS) is 24.7. The molecule has 0 amide bonds. The Morgan fingerprint density at radius 2 is 2.20 bits per heavy atom. The third-order valence-electron chi connectivity index (χ3n) is 2.54. The lowest BCUT2D eigenvalue weighted by Crippen LogP contribution is -2.49. The molecule has 0 fully saturated rings. The standard InChI is InChI=1S/C10H13NO4/c1-11-10(6-8(12)13)5-3-2-4-7(10)9(14)15/h2-4,11H,5-6H2,1H3,(H,12,13)(H,14,15). The van der Waals surface area contributed by atoms with Crippen LogP contribution in [0.2, 0.25) is 0 Å². The fourth-order valence-corrected chi connectivity index (χ4v) is 1.73. The maximum Gasteiger partial charge on any atom is 0.333 e.